The van der Waals surface area contributed by atoms with E-state index < -0.39 is 18.1 Å². The molecule has 1 saturated heterocycles. The van der Waals surface area contributed by atoms with E-state index in [0.29, 0.717) is 25.9 Å². The number of ether oxygens (including phenoxy) is 1. The maximum atomic E-state index is 12.6. The van der Waals surface area contributed by atoms with Gasteiger partial charge in [0.05, 0.1) is 13.0 Å². The summed E-state index contributed by atoms with van der Waals surface area (Å²) in [6.45, 7) is 1.15. The third-order valence-corrected chi connectivity index (χ3v) is 3.54. The van der Waals surface area contributed by atoms with E-state index in [2.05, 4.69) is 10.1 Å². The van der Waals surface area contributed by atoms with Crippen LogP contribution in [0.25, 0.3) is 0 Å². The van der Waals surface area contributed by atoms with Crippen LogP contribution in [0.4, 0.5) is 13.2 Å². The number of hydrogen-bond donors (Lipinski definition) is 1. The Kier molecular flexibility index (Phi) is 6.06. The molecular weight excluding hydrogens is 261 g/mol. The molecule has 1 heterocycles. The number of carbonyl (C=O) groups excluding carboxylic acids is 1. The average Bonchev–Trinajstić information content (AvgIpc) is 2.38. The lowest BCUT2D eigenvalue weighted by molar-refractivity contribution is -0.186. The molecule has 1 fully saturated rings. The zero-order valence-corrected chi connectivity index (χ0v) is 11.3. The smallest absolute Gasteiger partial charge is 0.393 e. The maximum Gasteiger partial charge on any atom is 0.393 e. The molecule has 112 valence electrons. The minimum Gasteiger partial charge on any atom is -0.468 e. The first kappa shape index (κ1) is 16.2. The van der Waals surface area contributed by atoms with Crippen molar-refractivity contribution in [3.05, 3.63) is 0 Å². The van der Waals surface area contributed by atoms with Crippen molar-refractivity contribution < 1.29 is 22.7 Å². The van der Waals surface area contributed by atoms with Crippen molar-refractivity contribution >= 4 is 5.97 Å². The normalized spacial score (nSPS) is 23.1. The Bertz CT molecular complexity index is 297. The second kappa shape index (κ2) is 7.09. The Labute approximate surface area is 111 Å². The zero-order valence-electron chi connectivity index (χ0n) is 11.3. The highest BCUT2D eigenvalue weighted by molar-refractivity contribution is 5.75. The van der Waals surface area contributed by atoms with Gasteiger partial charge in [-0.05, 0) is 32.9 Å². The topological polar surface area (TPSA) is 41.6 Å². The molecule has 0 saturated carbocycles. The van der Waals surface area contributed by atoms with Crippen LogP contribution < -0.4 is 5.32 Å². The van der Waals surface area contributed by atoms with Crippen LogP contribution in [-0.4, -0.2) is 56.9 Å². The van der Waals surface area contributed by atoms with Gasteiger partial charge < -0.3 is 15.0 Å². The summed E-state index contributed by atoms with van der Waals surface area (Å²) in [5, 5.41) is 2.81. The van der Waals surface area contributed by atoms with Gasteiger partial charge in [0.1, 0.15) is 6.04 Å². The fourth-order valence-corrected chi connectivity index (χ4v) is 2.36. The fourth-order valence-electron chi connectivity index (χ4n) is 2.36. The van der Waals surface area contributed by atoms with Crippen LogP contribution in [0.5, 0.6) is 0 Å². The highest BCUT2D eigenvalue weighted by atomic mass is 19.4. The van der Waals surface area contributed by atoms with E-state index in [-0.39, 0.29) is 18.9 Å². The van der Waals surface area contributed by atoms with E-state index in [0.717, 1.165) is 0 Å². The van der Waals surface area contributed by atoms with E-state index in [1.807, 2.05) is 0 Å². The molecule has 7 heteroatoms. The molecule has 19 heavy (non-hydrogen) atoms. The Morgan fingerprint density at radius 1 is 1.53 bits per heavy atom. The second-order valence-corrected chi connectivity index (χ2v) is 4.83. The van der Waals surface area contributed by atoms with Crippen LogP contribution in [0.1, 0.15) is 19.3 Å². The molecular formula is C12H21F3N2O2. The van der Waals surface area contributed by atoms with Gasteiger partial charge in [-0.15, -0.1) is 0 Å². The van der Waals surface area contributed by atoms with Gasteiger partial charge in [0, 0.05) is 13.1 Å². The molecule has 4 nitrogen and oxygen atoms in total. The van der Waals surface area contributed by atoms with E-state index in [1.165, 1.54) is 7.11 Å². The van der Waals surface area contributed by atoms with Crippen LogP contribution >= 0.6 is 0 Å². The first-order valence-corrected chi connectivity index (χ1v) is 6.42. The SMILES string of the molecule is CNC(CCN1CCCC(C(F)(F)F)C1)C(=O)OC. The molecule has 0 aromatic heterocycles. The predicted molar refractivity (Wildman–Crippen MR) is 64.7 cm³/mol. The zero-order chi connectivity index (χ0) is 14.5. The van der Waals surface area contributed by atoms with Crippen LogP contribution in [0, 0.1) is 5.92 Å². The molecule has 1 aliphatic heterocycles. The monoisotopic (exact) mass is 282 g/mol. The van der Waals surface area contributed by atoms with Crippen LogP contribution in [0.2, 0.25) is 0 Å². The van der Waals surface area contributed by atoms with E-state index >= 15 is 0 Å². The van der Waals surface area contributed by atoms with Gasteiger partial charge in [-0.3, -0.25) is 4.79 Å². The van der Waals surface area contributed by atoms with Crippen LogP contribution in [0.15, 0.2) is 0 Å². The summed E-state index contributed by atoms with van der Waals surface area (Å²) in [7, 11) is 2.93. The number of likely N-dealkylation sites (N-methyl/N-ethyl adjacent to an activating group) is 1. The highest BCUT2D eigenvalue weighted by Crippen LogP contribution is 2.33. The van der Waals surface area contributed by atoms with Crippen molar-refractivity contribution in [2.24, 2.45) is 5.92 Å². The summed E-state index contributed by atoms with van der Waals surface area (Å²) in [5.74, 6) is -1.63. The molecule has 0 spiro atoms. The summed E-state index contributed by atoms with van der Waals surface area (Å²) in [4.78, 5) is 13.1. The van der Waals surface area contributed by atoms with Gasteiger partial charge in [0.2, 0.25) is 0 Å². The largest absolute Gasteiger partial charge is 0.468 e. The lowest BCUT2D eigenvalue weighted by Gasteiger charge is -2.34. The third kappa shape index (κ3) is 4.99. The Balaban J connectivity index is 2.42. The molecule has 0 amide bonds. The number of nitrogens with one attached hydrogen (secondary N) is 1. The van der Waals surface area contributed by atoms with Crippen molar-refractivity contribution in [1.29, 1.82) is 0 Å². The van der Waals surface area contributed by atoms with Crippen molar-refractivity contribution in [3.63, 3.8) is 0 Å². The van der Waals surface area contributed by atoms with Crippen LogP contribution in [-0.2, 0) is 9.53 Å². The van der Waals surface area contributed by atoms with E-state index in [4.69, 9.17) is 0 Å². The van der Waals surface area contributed by atoms with Gasteiger partial charge in [-0.25, -0.2) is 0 Å². The van der Waals surface area contributed by atoms with Crippen molar-refractivity contribution in [2.75, 3.05) is 33.8 Å². The number of rotatable bonds is 5. The molecule has 0 aliphatic carbocycles. The van der Waals surface area contributed by atoms with Gasteiger partial charge >= 0.3 is 12.1 Å². The number of halogens is 3. The number of carbonyl (C=O) groups is 1. The maximum absolute atomic E-state index is 12.6. The molecule has 1 N–H and O–H groups in total. The number of hydrogen-bond acceptors (Lipinski definition) is 4. The number of likely N-dealkylation sites (tertiary alicyclic amines) is 1. The second-order valence-electron chi connectivity index (χ2n) is 4.83. The lowest BCUT2D eigenvalue weighted by Crippen LogP contribution is -2.44. The number of alkyl halides is 3. The summed E-state index contributed by atoms with van der Waals surface area (Å²) in [6.07, 6.45) is -2.92. The summed E-state index contributed by atoms with van der Waals surface area (Å²) in [6, 6.07) is -0.462. The minimum absolute atomic E-state index is 0.0289. The molecule has 0 aromatic rings. The van der Waals surface area contributed by atoms with Gasteiger partial charge in [-0.2, -0.15) is 13.2 Å². The van der Waals surface area contributed by atoms with Crippen LogP contribution in [0.3, 0.4) is 0 Å². The lowest BCUT2D eigenvalue weighted by atomic mass is 9.97. The standard InChI is InChI=1S/C12H21F3N2O2/c1-16-10(11(18)19-2)5-7-17-6-3-4-9(8-17)12(13,14)15/h9-10,16H,3-8H2,1-2H3. The van der Waals surface area contributed by atoms with Gasteiger partial charge in [-0.1, -0.05) is 0 Å². The summed E-state index contributed by atoms with van der Waals surface area (Å²) >= 11 is 0. The Hall–Kier alpha value is -0.820. The predicted octanol–water partition coefficient (Wildman–Crippen LogP) is 1.41. The first-order valence-electron chi connectivity index (χ1n) is 6.42. The van der Waals surface area contributed by atoms with Gasteiger partial charge in [0.15, 0.2) is 0 Å². The number of piperidine rings is 1. The minimum atomic E-state index is -4.12. The average molecular weight is 282 g/mol. The molecule has 1 aliphatic rings. The molecule has 1 rings (SSSR count). The Morgan fingerprint density at radius 2 is 2.21 bits per heavy atom. The van der Waals surface area contributed by atoms with Crippen molar-refractivity contribution in [2.45, 2.75) is 31.5 Å². The highest BCUT2D eigenvalue weighted by Gasteiger charge is 2.41. The van der Waals surface area contributed by atoms with E-state index in [9.17, 15) is 18.0 Å². The quantitative estimate of drug-likeness (QED) is 0.774. The number of methoxy groups -OCH3 is 1. The van der Waals surface area contributed by atoms with E-state index in [1.54, 1.807) is 11.9 Å². The fraction of sp³-hybridized carbons (Fsp3) is 0.917. The molecule has 0 bridgehead atoms. The van der Waals surface area contributed by atoms with Crippen molar-refractivity contribution in [3.8, 4) is 0 Å². The van der Waals surface area contributed by atoms with Gasteiger partial charge in [0.25, 0.3) is 0 Å². The molecule has 2 atom stereocenters. The molecule has 2 unspecified atom stereocenters. The number of esters is 1. The molecule has 0 radical (unpaired) electrons. The summed E-state index contributed by atoms with van der Waals surface area (Å²) in [5.41, 5.74) is 0. The Morgan fingerprint density at radius 3 is 2.74 bits per heavy atom. The first-order chi connectivity index (χ1) is 8.88. The van der Waals surface area contributed by atoms with Crippen molar-refractivity contribution in [1.82, 2.24) is 10.2 Å². The summed E-state index contributed by atoms with van der Waals surface area (Å²) < 4.78 is 42.6. The molecule has 0 aromatic carbocycles. The number of nitrogens with zero attached hydrogens (tertiary/aromatic N) is 1. The third-order valence-electron chi connectivity index (χ3n) is 3.54.